The Kier molecular flexibility index (Phi) is 7.73. The van der Waals surface area contributed by atoms with Crippen LogP contribution in [0.4, 0.5) is 0 Å². The van der Waals surface area contributed by atoms with Crippen LogP contribution in [0.5, 0.6) is 0 Å². The molecule has 0 heterocycles. The molecule has 0 bridgehead atoms. The van der Waals surface area contributed by atoms with Crippen LogP contribution in [0.3, 0.4) is 0 Å². The minimum Gasteiger partial charge on any atom is -0.357 e. The highest BCUT2D eigenvalue weighted by Crippen LogP contribution is 2.47. The van der Waals surface area contributed by atoms with Gasteiger partial charge in [-0.15, -0.1) is 0 Å². The maximum absolute atomic E-state index is 12.4. The van der Waals surface area contributed by atoms with Crippen molar-refractivity contribution < 1.29 is 8.42 Å². The van der Waals surface area contributed by atoms with Gasteiger partial charge in [0.05, 0.1) is 12.3 Å². The molecule has 1 fully saturated rings. The van der Waals surface area contributed by atoms with Crippen LogP contribution in [-0.4, -0.2) is 33.5 Å². The fourth-order valence-corrected chi connectivity index (χ4v) is 5.22. The summed E-state index contributed by atoms with van der Waals surface area (Å²) >= 11 is 0. The van der Waals surface area contributed by atoms with Crippen LogP contribution in [0.1, 0.15) is 50.3 Å². The topological polar surface area (TPSA) is 82.6 Å². The standard InChI is InChI=1S/C24H34N4O2S/c1-4-25-23(27-18-24(14-15-24)22-12-6-5-7-13-22)26-16-20-10-8-9-11-21(20)17-31(29,30)28-19(2)3/h5-13,19,28H,4,14-18H2,1-3H3,(H2,25,26,27). The summed E-state index contributed by atoms with van der Waals surface area (Å²) in [6, 6.07) is 18.1. The van der Waals surface area contributed by atoms with E-state index in [9.17, 15) is 8.42 Å². The Balaban J connectivity index is 1.68. The molecular weight excluding hydrogens is 408 g/mol. The number of aliphatic imine (C=N–C) groups is 1. The first kappa shape index (κ1) is 23.3. The van der Waals surface area contributed by atoms with Crippen molar-refractivity contribution in [3.05, 3.63) is 71.3 Å². The van der Waals surface area contributed by atoms with Gasteiger partial charge in [0.1, 0.15) is 0 Å². The van der Waals surface area contributed by atoms with Crippen LogP contribution >= 0.6 is 0 Å². The van der Waals surface area contributed by atoms with Gasteiger partial charge in [0.2, 0.25) is 10.0 Å². The molecule has 2 aromatic rings. The van der Waals surface area contributed by atoms with E-state index < -0.39 is 10.0 Å². The first-order valence-electron chi connectivity index (χ1n) is 11.0. The fourth-order valence-electron chi connectivity index (χ4n) is 3.73. The predicted octanol–water partition coefficient (Wildman–Crippen LogP) is 3.30. The smallest absolute Gasteiger partial charge is 0.216 e. The first-order valence-corrected chi connectivity index (χ1v) is 12.6. The van der Waals surface area contributed by atoms with Crippen LogP contribution in [0.25, 0.3) is 0 Å². The third-order valence-electron chi connectivity index (χ3n) is 5.46. The average Bonchev–Trinajstić information content (AvgIpc) is 3.52. The number of hydrogen-bond acceptors (Lipinski definition) is 3. The van der Waals surface area contributed by atoms with E-state index in [0.29, 0.717) is 6.54 Å². The van der Waals surface area contributed by atoms with Gasteiger partial charge in [-0.3, -0.25) is 0 Å². The van der Waals surface area contributed by atoms with E-state index in [0.717, 1.165) is 30.2 Å². The molecule has 0 unspecified atom stereocenters. The highest BCUT2D eigenvalue weighted by Gasteiger charge is 2.44. The highest BCUT2D eigenvalue weighted by atomic mass is 32.2. The van der Waals surface area contributed by atoms with Crippen LogP contribution < -0.4 is 15.4 Å². The van der Waals surface area contributed by atoms with Crippen LogP contribution in [0, 0.1) is 0 Å². The summed E-state index contributed by atoms with van der Waals surface area (Å²) in [5, 5.41) is 6.80. The van der Waals surface area contributed by atoms with Crippen LogP contribution in [-0.2, 0) is 27.7 Å². The Bertz CT molecular complexity index is 984. The molecule has 3 rings (SSSR count). The summed E-state index contributed by atoms with van der Waals surface area (Å²) in [7, 11) is -3.39. The lowest BCUT2D eigenvalue weighted by Crippen LogP contribution is -2.41. The molecule has 1 aliphatic carbocycles. The Morgan fingerprint density at radius 1 is 1.00 bits per heavy atom. The lowest BCUT2D eigenvalue weighted by atomic mass is 9.96. The number of guanidine groups is 1. The van der Waals surface area contributed by atoms with E-state index in [4.69, 9.17) is 4.99 Å². The summed E-state index contributed by atoms with van der Waals surface area (Å²) < 4.78 is 27.4. The van der Waals surface area contributed by atoms with Crippen molar-refractivity contribution in [1.82, 2.24) is 15.4 Å². The van der Waals surface area contributed by atoms with Crippen molar-refractivity contribution in [2.75, 3.05) is 13.1 Å². The summed E-state index contributed by atoms with van der Waals surface area (Å²) in [4.78, 5) is 4.74. The van der Waals surface area contributed by atoms with Gasteiger partial charge in [0, 0.05) is 24.5 Å². The second-order valence-corrected chi connectivity index (χ2v) is 10.2. The molecule has 0 amide bonds. The third-order valence-corrected chi connectivity index (χ3v) is 6.99. The van der Waals surface area contributed by atoms with Crippen molar-refractivity contribution in [3.63, 3.8) is 0 Å². The number of benzene rings is 2. The zero-order chi connectivity index (χ0) is 22.3. The Morgan fingerprint density at radius 2 is 1.65 bits per heavy atom. The van der Waals surface area contributed by atoms with E-state index >= 15 is 0 Å². The normalized spacial score (nSPS) is 15.7. The molecule has 0 saturated heterocycles. The van der Waals surface area contributed by atoms with Crippen molar-refractivity contribution in [1.29, 1.82) is 0 Å². The number of rotatable bonds is 10. The van der Waals surface area contributed by atoms with Gasteiger partial charge in [-0.25, -0.2) is 18.1 Å². The van der Waals surface area contributed by atoms with E-state index in [2.05, 4.69) is 39.6 Å². The fraction of sp³-hybridized carbons (Fsp3) is 0.458. The molecule has 7 heteroatoms. The molecule has 0 aromatic heterocycles. The van der Waals surface area contributed by atoms with Gasteiger partial charge in [0.25, 0.3) is 0 Å². The molecule has 1 aliphatic rings. The number of hydrogen-bond donors (Lipinski definition) is 3. The maximum Gasteiger partial charge on any atom is 0.216 e. The molecule has 3 N–H and O–H groups in total. The molecule has 168 valence electrons. The number of nitrogens with zero attached hydrogens (tertiary/aromatic N) is 1. The second-order valence-electron chi connectivity index (χ2n) is 8.50. The van der Waals surface area contributed by atoms with Gasteiger partial charge in [0.15, 0.2) is 5.96 Å². The molecule has 0 aliphatic heterocycles. The van der Waals surface area contributed by atoms with Crippen LogP contribution in [0.2, 0.25) is 0 Å². The number of nitrogens with one attached hydrogen (secondary N) is 3. The highest BCUT2D eigenvalue weighted by molar-refractivity contribution is 7.88. The SMILES string of the molecule is CCNC(=NCc1ccccc1CS(=O)(=O)NC(C)C)NCC1(c2ccccc2)CC1. The molecule has 31 heavy (non-hydrogen) atoms. The van der Waals surface area contributed by atoms with E-state index in [1.807, 2.05) is 51.1 Å². The Morgan fingerprint density at radius 3 is 2.26 bits per heavy atom. The van der Waals surface area contributed by atoms with Gasteiger partial charge >= 0.3 is 0 Å². The number of sulfonamides is 1. The molecule has 2 aromatic carbocycles. The van der Waals surface area contributed by atoms with Gasteiger partial charge in [-0.05, 0) is 50.3 Å². The molecule has 0 radical (unpaired) electrons. The largest absolute Gasteiger partial charge is 0.357 e. The first-order chi connectivity index (χ1) is 14.8. The summed E-state index contributed by atoms with van der Waals surface area (Å²) in [5.41, 5.74) is 3.24. The minimum atomic E-state index is -3.39. The lowest BCUT2D eigenvalue weighted by molar-refractivity contribution is 0.569. The lowest BCUT2D eigenvalue weighted by Gasteiger charge is -2.19. The molecule has 1 saturated carbocycles. The van der Waals surface area contributed by atoms with Crippen molar-refractivity contribution in [2.45, 2.75) is 57.4 Å². The molecule has 0 atom stereocenters. The van der Waals surface area contributed by atoms with Gasteiger partial charge < -0.3 is 10.6 Å². The quantitative estimate of drug-likeness (QED) is 0.389. The minimum absolute atomic E-state index is 0.0437. The van der Waals surface area contributed by atoms with Crippen molar-refractivity contribution in [2.24, 2.45) is 4.99 Å². The van der Waals surface area contributed by atoms with Crippen LogP contribution in [0.15, 0.2) is 59.6 Å². The summed E-state index contributed by atoms with van der Waals surface area (Å²) in [6.07, 6.45) is 2.35. The average molecular weight is 443 g/mol. The predicted molar refractivity (Wildman–Crippen MR) is 128 cm³/mol. The Hall–Kier alpha value is -2.38. The third kappa shape index (κ3) is 6.80. The summed E-state index contributed by atoms with van der Waals surface area (Å²) in [6.45, 7) is 7.70. The summed E-state index contributed by atoms with van der Waals surface area (Å²) in [5.74, 6) is 0.709. The van der Waals surface area contributed by atoms with Crippen molar-refractivity contribution >= 4 is 16.0 Å². The van der Waals surface area contributed by atoms with E-state index in [-0.39, 0.29) is 17.2 Å². The monoisotopic (exact) mass is 442 g/mol. The van der Waals surface area contributed by atoms with E-state index in [1.165, 1.54) is 18.4 Å². The van der Waals surface area contributed by atoms with E-state index in [1.54, 1.807) is 0 Å². The zero-order valence-electron chi connectivity index (χ0n) is 18.7. The molecule has 0 spiro atoms. The van der Waals surface area contributed by atoms with Gasteiger partial charge in [-0.1, -0.05) is 54.6 Å². The molecule has 6 nitrogen and oxygen atoms in total. The van der Waals surface area contributed by atoms with Gasteiger partial charge in [-0.2, -0.15) is 0 Å². The second kappa shape index (κ2) is 10.3. The maximum atomic E-state index is 12.4. The van der Waals surface area contributed by atoms with Crippen molar-refractivity contribution in [3.8, 4) is 0 Å². The Labute approximate surface area is 186 Å². The zero-order valence-corrected chi connectivity index (χ0v) is 19.5. The molecular formula is C24H34N4O2S.